The van der Waals surface area contributed by atoms with E-state index >= 15 is 0 Å². The van der Waals surface area contributed by atoms with Crippen molar-refractivity contribution in [1.29, 1.82) is 0 Å². The number of fused-ring (bicyclic) bond motifs is 3. The topological polar surface area (TPSA) is 155 Å². The Morgan fingerprint density at radius 3 is 2.41 bits per heavy atom. The quantitative estimate of drug-likeness (QED) is 0.118. The second kappa shape index (κ2) is 12.7. The van der Waals surface area contributed by atoms with Crippen molar-refractivity contribution >= 4 is 45.5 Å². The van der Waals surface area contributed by atoms with Gasteiger partial charge >= 0.3 is 6.18 Å². The molecule has 4 aromatic carbocycles. The van der Waals surface area contributed by atoms with Gasteiger partial charge in [-0.3, -0.25) is 14.3 Å². The number of alkyl halides is 3. The fourth-order valence-electron chi connectivity index (χ4n) is 8.00. The van der Waals surface area contributed by atoms with E-state index in [0.29, 0.717) is 28.3 Å². The third kappa shape index (κ3) is 6.18. The number of hydrogen-bond donors (Lipinski definition) is 5. The molecule has 6 aromatic rings. The van der Waals surface area contributed by atoms with Crippen molar-refractivity contribution in [1.82, 2.24) is 30.4 Å². The Bertz CT molecular complexity index is 2460. The number of carbonyl (C=O) groups is 2. The standard InChI is InChI=1S/C39H35F3N10O2/c1-19-11-33(53)46-31-17-24(39(40,41)42)16-28(37(31)43-19)21-9-10-32-29(14-21)35(49-52(32)2)27-15-23(27)13-25-18-34(54)45-30-8-4-7-26(36(30)44-25)20-5-3-6-22(12-20)38-47-50-51-48-38/h3-10,12,14,16-17,19,23,25,27,43-44H,11,13,15,18H2,1-2H3,(H,45,54)(H,46,53)(H,47,48,50,51)/t19-,23?,25-,27?/m1/s1. The number of H-pyrrole nitrogens is 1. The Kier molecular flexibility index (Phi) is 7.90. The molecule has 0 spiro atoms. The summed E-state index contributed by atoms with van der Waals surface area (Å²) in [5.74, 6) is 0.468. The van der Waals surface area contributed by atoms with E-state index in [1.54, 1.807) is 10.7 Å². The lowest BCUT2D eigenvalue weighted by atomic mass is 9.96. The number of tetrazole rings is 1. The molecule has 1 aliphatic carbocycles. The maximum absolute atomic E-state index is 14.1. The second-order valence-corrected chi connectivity index (χ2v) is 14.5. The second-order valence-electron chi connectivity index (χ2n) is 14.5. The van der Waals surface area contributed by atoms with E-state index in [1.807, 2.05) is 68.6 Å². The monoisotopic (exact) mass is 732 g/mol. The molecule has 2 aromatic heterocycles. The number of aromatic amines is 1. The summed E-state index contributed by atoms with van der Waals surface area (Å²) in [6.07, 6.45) is -2.61. The molecule has 9 rings (SSSR count). The minimum atomic E-state index is -4.61. The molecule has 3 aliphatic rings. The zero-order valence-electron chi connectivity index (χ0n) is 29.3. The highest BCUT2D eigenvalue weighted by Gasteiger charge is 2.43. The zero-order chi connectivity index (χ0) is 37.3. The summed E-state index contributed by atoms with van der Waals surface area (Å²) >= 11 is 0. The first kappa shape index (κ1) is 33.6. The molecule has 4 heterocycles. The summed E-state index contributed by atoms with van der Waals surface area (Å²) < 4.78 is 44.2. The van der Waals surface area contributed by atoms with E-state index in [4.69, 9.17) is 5.10 Å². The lowest BCUT2D eigenvalue weighted by Gasteiger charge is -2.20. The number of para-hydroxylation sites is 1. The number of amides is 2. The predicted octanol–water partition coefficient (Wildman–Crippen LogP) is 7.57. The fraction of sp³-hybridized carbons (Fsp3) is 0.282. The van der Waals surface area contributed by atoms with Gasteiger partial charge in [-0.15, -0.1) is 5.10 Å². The van der Waals surface area contributed by atoms with Crippen LogP contribution in [-0.4, -0.2) is 54.3 Å². The average Bonchev–Trinajstić information content (AvgIpc) is 3.61. The molecule has 2 amide bonds. The summed E-state index contributed by atoms with van der Waals surface area (Å²) in [5, 5.41) is 32.7. The molecule has 4 atom stereocenters. The van der Waals surface area contributed by atoms with Crippen molar-refractivity contribution in [3.63, 3.8) is 0 Å². The normalized spacial score (nSPS) is 20.8. The van der Waals surface area contributed by atoms with Gasteiger partial charge in [0.15, 0.2) is 5.82 Å². The smallest absolute Gasteiger partial charge is 0.380 e. The Morgan fingerprint density at radius 1 is 0.833 bits per heavy atom. The van der Waals surface area contributed by atoms with Crippen LogP contribution in [0.15, 0.2) is 72.8 Å². The van der Waals surface area contributed by atoms with Crippen molar-refractivity contribution in [2.45, 2.75) is 56.8 Å². The van der Waals surface area contributed by atoms with Gasteiger partial charge in [0.25, 0.3) is 0 Å². The summed E-state index contributed by atoms with van der Waals surface area (Å²) in [4.78, 5) is 25.7. The zero-order valence-corrected chi connectivity index (χ0v) is 29.3. The first-order valence-corrected chi connectivity index (χ1v) is 17.8. The molecule has 15 heteroatoms. The maximum atomic E-state index is 14.1. The maximum Gasteiger partial charge on any atom is 0.416 e. The number of rotatable bonds is 6. The van der Waals surface area contributed by atoms with Crippen LogP contribution in [0.5, 0.6) is 0 Å². The van der Waals surface area contributed by atoms with Gasteiger partial charge in [-0.05, 0) is 83.6 Å². The van der Waals surface area contributed by atoms with Gasteiger partial charge in [0.2, 0.25) is 11.8 Å². The highest BCUT2D eigenvalue weighted by Crippen LogP contribution is 2.53. The van der Waals surface area contributed by atoms with Crippen LogP contribution in [0.1, 0.15) is 49.8 Å². The molecule has 54 heavy (non-hydrogen) atoms. The molecule has 1 fully saturated rings. The van der Waals surface area contributed by atoms with Crippen molar-refractivity contribution in [3.05, 3.63) is 84.1 Å². The Labute approximate surface area is 306 Å². The van der Waals surface area contributed by atoms with Gasteiger partial charge < -0.3 is 21.3 Å². The number of hydrogen-bond acceptors (Lipinski definition) is 8. The predicted molar refractivity (Wildman–Crippen MR) is 199 cm³/mol. The highest BCUT2D eigenvalue weighted by molar-refractivity contribution is 6.02. The Balaban J connectivity index is 1.02. The minimum absolute atomic E-state index is 0.0747. The molecule has 0 bridgehead atoms. The molecule has 2 aliphatic heterocycles. The van der Waals surface area contributed by atoms with Crippen molar-refractivity contribution in [2.75, 3.05) is 21.3 Å². The van der Waals surface area contributed by atoms with Crippen molar-refractivity contribution < 1.29 is 22.8 Å². The van der Waals surface area contributed by atoms with E-state index in [-0.39, 0.29) is 54.3 Å². The summed E-state index contributed by atoms with van der Waals surface area (Å²) in [7, 11) is 1.86. The summed E-state index contributed by atoms with van der Waals surface area (Å²) in [5.41, 5.74) is 6.64. The molecule has 1 saturated carbocycles. The van der Waals surface area contributed by atoms with Gasteiger partial charge in [-0.25, -0.2) is 5.10 Å². The van der Waals surface area contributed by atoms with Gasteiger partial charge in [-0.1, -0.05) is 36.4 Å². The molecule has 0 saturated heterocycles. The number of nitrogens with zero attached hydrogens (tertiary/aromatic N) is 5. The third-order valence-electron chi connectivity index (χ3n) is 10.6. The lowest BCUT2D eigenvalue weighted by molar-refractivity contribution is -0.137. The van der Waals surface area contributed by atoms with E-state index in [9.17, 15) is 22.8 Å². The fourth-order valence-corrected chi connectivity index (χ4v) is 8.00. The Morgan fingerprint density at radius 2 is 1.59 bits per heavy atom. The molecule has 0 radical (unpaired) electrons. The van der Waals surface area contributed by atoms with Crippen LogP contribution >= 0.6 is 0 Å². The minimum Gasteiger partial charge on any atom is -0.380 e. The Hall–Kier alpha value is -6.25. The summed E-state index contributed by atoms with van der Waals surface area (Å²) in [6.45, 7) is 1.83. The molecule has 2 unspecified atom stereocenters. The van der Waals surface area contributed by atoms with Crippen molar-refractivity contribution in [3.8, 4) is 33.6 Å². The van der Waals surface area contributed by atoms with Crippen LogP contribution in [0.3, 0.4) is 0 Å². The van der Waals surface area contributed by atoms with Crippen molar-refractivity contribution in [2.24, 2.45) is 13.0 Å². The van der Waals surface area contributed by atoms with E-state index in [0.717, 1.165) is 63.9 Å². The highest BCUT2D eigenvalue weighted by atomic mass is 19.4. The first-order chi connectivity index (χ1) is 26.0. The van der Waals surface area contributed by atoms with Gasteiger partial charge in [-0.2, -0.15) is 18.3 Å². The number of halogens is 3. The molecule has 274 valence electrons. The van der Waals surface area contributed by atoms with Crippen LogP contribution in [0.2, 0.25) is 0 Å². The molecule has 12 nitrogen and oxygen atoms in total. The van der Waals surface area contributed by atoms with E-state index < -0.39 is 11.7 Å². The molecule has 5 N–H and O–H groups in total. The van der Waals surface area contributed by atoms with Gasteiger partial charge in [0.05, 0.1) is 39.5 Å². The number of nitrogens with one attached hydrogen (secondary N) is 5. The van der Waals surface area contributed by atoms with E-state index in [2.05, 4.69) is 41.9 Å². The van der Waals surface area contributed by atoms with Crippen LogP contribution in [0, 0.1) is 5.92 Å². The largest absolute Gasteiger partial charge is 0.416 e. The molecular formula is C39H35F3N10O2. The van der Waals surface area contributed by atoms with Gasteiger partial charge in [0, 0.05) is 60.0 Å². The van der Waals surface area contributed by atoms with Crippen LogP contribution in [0.4, 0.5) is 35.9 Å². The average molecular weight is 733 g/mol. The number of aryl methyl sites for hydroxylation is 1. The van der Waals surface area contributed by atoms with Crippen LogP contribution in [-0.2, 0) is 22.8 Å². The number of benzene rings is 4. The van der Waals surface area contributed by atoms with Crippen LogP contribution in [0.25, 0.3) is 44.5 Å². The third-order valence-corrected chi connectivity index (χ3v) is 10.6. The number of aromatic nitrogens is 6. The number of carbonyl (C=O) groups excluding carboxylic acids is 2. The first-order valence-electron chi connectivity index (χ1n) is 17.8. The van der Waals surface area contributed by atoms with Crippen LogP contribution < -0.4 is 21.3 Å². The van der Waals surface area contributed by atoms with E-state index in [1.165, 1.54) is 0 Å². The summed E-state index contributed by atoms with van der Waals surface area (Å²) in [6, 6.07) is 21.0. The SMILES string of the molecule is C[C@@H]1CC(=O)Nc2cc(C(F)(F)F)cc(-c3ccc4c(c3)c(C3CC3C[C@@H]3CC(=O)Nc5cccc(-c6cccc(-c7nnn[nH]7)c6)c5N3)nn4C)c2N1. The number of anilines is 4. The molecular weight excluding hydrogens is 697 g/mol. The lowest BCUT2D eigenvalue weighted by Crippen LogP contribution is -2.23. The van der Waals surface area contributed by atoms with Gasteiger partial charge in [0.1, 0.15) is 0 Å².